The van der Waals surface area contributed by atoms with E-state index < -0.39 is 0 Å². The first-order chi connectivity index (χ1) is 10.2. The standard InChI is InChI=1S/C16H19ClN2OS/c1-21-10-6-2-5-9-18-16(20)15-11-13(17)12-7-3-4-8-14(12)19-15/h3-4,7-8,11H,2,5-6,9-10H2,1H3,(H,18,20). The highest BCUT2D eigenvalue weighted by Gasteiger charge is 2.10. The van der Waals surface area contributed by atoms with E-state index in [2.05, 4.69) is 16.6 Å². The molecule has 0 atom stereocenters. The molecule has 0 radical (unpaired) electrons. The van der Waals surface area contributed by atoms with Crippen LogP contribution in [0.15, 0.2) is 30.3 Å². The number of unbranched alkanes of at least 4 members (excludes halogenated alkanes) is 2. The van der Waals surface area contributed by atoms with E-state index in [-0.39, 0.29) is 5.91 Å². The van der Waals surface area contributed by atoms with Crippen molar-refractivity contribution in [1.29, 1.82) is 0 Å². The van der Waals surface area contributed by atoms with Crippen LogP contribution in [0.25, 0.3) is 10.9 Å². The lowest BCUT2D eigenvalue weighted by Gasteiger charge is -2.07. The van der Waals surface area contributed by atoms with E-state index >= 15 is 0 Å². The number of hydrogen-bond acceptors (Lipinski definition) is 3. The van der Waals surface area contributed by atoms with Gasteiger partial charge in [-0.2, -0.15) is 11.8 Å². The van der Waals surface area contributed by atoms with E-state index in [4.69, 9.17) is 11.6 Å². The third-order valence-corrected chi connectivity index (χ3v) is 4.22. The van der Waals surface area contributed by atoms with Crippen LogP contribution in [0.1, 0.15) is 29.8 Å². The third kappa shape index (κ3) is 4.61. The van der Waals surface area contributed by atoms with Gasteiger partial charge in [-0.3, -0.25) is 4.79 Å². The van der Waals surface area contributed by atoms with Crippen LogP contribution in [0.4, 0.5) is 0 Å². The Labute approximate surface area is 134 Å². The van der Waals surface area contributed by atoms with Crippen LogP contribution in [0.3, 0.4) is 0 Å². The molecule has 1 N–H and O–H groups in total. The van der Waals surface area contributed by atoms with Gasteiger partial charge in [0.1, 0.15) is 5.69 Å². The van der Waals surface area contributed by atoms with Crippen molar-refractivity contribution in [2.24, 2.45) is 0 Å². The maximum Gasteiger partial charge on any atom is 0.269 e. The summed E-state index contributed by atoms with van der Waals surface area (Å²) in [4.78, 5) is 16.5. The monoisotopic (exact) mass is 322 g/mol. The molecular formula is C16H19ClN2OS. The van der Waals surface area contributed by atoms with E-state index in [9.17, 15) is 4.79 Å². The van der Waals surface area contributed by atoms with Crippen LogP contribution < -0.4 is 5.32 Å². The second-order valence-corrected chi connectivity index (χ2v) is 6.21. The van der Waals surface area contributed by atoms with Gasteiger partial charge in [-0.15, -0.1) is 0 Å². The molecule has 3 nitrogen and oxygen atoms in total. The van der Waals surface area contributed by atoms with Gasteiger partial charge in [-0.05, 0) is 37.0 Å². The Morgan fingerprint density at radius 1 is 1.29 bits per heavy atom. The molecule has 0 spiro atoms. The molecule has 2 rings (SSSR count). The smallest absolute Gasteiger partial charge is 0.269 e. The van der Waals surface area contributed by atoms with Gasteiger partial charge in [0.2, 0.25) is 0 Å². The summed E-state index contributed by atoms with van der Waals surface area (Å²) < 4.78 is 0. The SMILES string of the molecule is CSCCCCCNC(=O)c1cc(Cl)c2ccccc2n1. The van der Waals surface area contributed by atoms with Crippen molar-refractivity contribution in [1.82, 2.24) is 10.3 Å². The number of para-hydroxylation sites is 1. The highest BCUT2D eigenvalue weighted by Crippen LogP contribution is 2.22. The van der Waals surface area contributed by atoms with E-state index in [0.29, 0.717) is 17.3 Å². The summed E-state index contributed by atoms with van der Waals surface area (Å²) in [5.74, 6) is 1.02. The van der Waals surface area contributed by atoms with Gasteiger partial charge in [-0.1, -0.05) is 36.2 Å². The lowest BCUT2D eigenvalue weighted by molar-refractivity contribution is 0.0948. The second kappa shape index (κ2) is 8.25. The Hall–Kier alpha value is -1.26. The highest BCUT2D eigenvalue weighted by molar-refractivity contribution is 7.98. The average molecular weight is 323 g/mol. The number of nitrogens with one attached hydrogen (secondary N) is 1. The van der Waals surface area contributed by atoms with E-state index in [1.807, 2.05) is 36.0 Å². The summed E-state index contributed by atoms with van der Waals surface area (Å²) in [5, 5.41) is 4.33. The number of pyridine rings is 1. The molecule has 112 valence electrons. The number of benzene rings is 1. The van der Waals surface area contributed by atoms with Gasteiger partial charge in [0.15, 0.2) is 0 Å². The average Bonchev–Trinajstić information content (AvgIpc) is 2.50. The van der Waals surface area contributed by atoms with Crippen molar-refractivity contribution < 1.29 is 4.79 Å². The second-order valence-electron chi connectivity index (χ2n) is 4.82. The molecule has 0 fully saturated rings. The zero-order chi connectivity index (χ0) is 15.1. The molecule has 1 heterocycles. The number of aromatic nitrogens is 1. The Bertz CT molecular complexity index is 618. The number of carbonyl (C=O) groups is 1. The van der Waals surface area contributed by atoms with Crippen molar-refractivity contribution in [3.05, 3.63) is 41.0 Å². The first-order valence-corrected chi connectivity index (χ1v) is 8.82. The largest absolute Gasteiger partial charge is 0.351 e. The fourth-order valence-electron chi connectivity index (χ4n) is 2.09. The minimum Gasteiger partial charge on any atom is -0.351 e. The van der Waals surface area contributed by atoms with Gasteiger partial charge < -0.3 is 5.32 Å². The number of hydrogen-bond donors (Lipinski definition) is 1. The van der Waals surface area contributed by atoms with Crippen molar-refractivity contribution in [3.63, 3.8) is 0 Å². The zero-order valence-corrected chi connectivity index (χ0v) is 13.6. The molecular weight excluding hydrogens is 304 g/mol. The molecule has 2 aromatic rings. The summed E-state index contributed by atoms with van der Waals surface area (Å²) in [6.07, 6.45) is 5.43. The maximum absolute atomic E-state index is 12.1. The molecule has 0 aliphatic rings. The number of rotatable bonds is 7. The van der Waals surface area contributed by atoms with Crippen LogP contribution in [0.2, 0.25) is 5.02 Å². The van der Waals surface area contributed by atoms with Gasteiger partial charge in [0.25, 0.3) is 5.91 Å². The van der Waals surface area contributed by atoms with Crippen LogP contribution in [-0.2, 0) is 0 Å². The first kappa shape index (κ1) is 16.1. The molecule has 1 amide bonds. The Kier molecular flexibility index (Phi) is 6.33. The Morgan fingerprint density at radius 2 is 2.10 bits per heavy atom. The lowest BCUT2D eigenvalue weighted by Crippen LogP contribution is -2.25. The molecule has 0 bridgehead atoms. The summed E-state index contributed by atoms with van der Waals surface area (Å²) in [6, 6.07) is 9.19. The van der Waals surface area contributed by atoms with Gasteiger partial charge in [0.05, 0.1) is 10.5 Å². The molecule has 0 aliphatic heterocycles. The van der Waals surface area contributed by atoms with Crippen LogP contribution in [-0.4, -0.2) is 29.4 Å². The van der Waals surface area contributed by atoms with Gasteiger partial charge in [0, 0.05) is 11.9 Å². The number of thioether (sulfide) groups is 1. The normalized spacial score (nSPS) is 10.8. The topological polar surface area (TPSA) is 42.0 Å². The molecule has 0 saturated carbocycles. The van der Waals surface area contributed by atoms with E-state index in [1.54, 1.807) is 6.07 Å². The first-order valence-electron chi connectivity index (χ1n) is 7.05. The number of halogens is 1. The summed E-state index contributed by atoms with van der Waals surface area (Å²) >= 11 is 8.06. The minimum atomic E-state index is -0.160. The minimum absolute atomic E-state index is 0.160. The summed E-state index contributed by atoms with van der Waals surface area (Å²) in [6.45, 7) is 0.680. The Balaban J connectivity index is 1.93. The number of nitrogens with zero attached hydrogens (tertiary/aromatic N) is 1. The predicted octanol–water partition coefficient (Wildman–Crippen LogP) is 4.15. The summed E-state index contributed by atoms with van der Waals surface area (Å²) in [5.41, 5.74) is 1.12. The Morgan fingerprint density at radius 3 is 2.90 bits per heavy atom. The van der Waals surface area contributed by atoms with Crippen molar-refractivity contribution in [3.8, 4) is 0 Å². The van der Waals surface area contributed by atoms with E-state index in [0.717, 1.165) is 23.7 Å². The van der Waals surface area contributed by atoms with Crippen molar-refractivity contribution in [2.75, 3.05) is 18.6 Å². The number of fused-ring (bicyclic) bond motifs is 1. The van der Waals surface area contributed by atoms with Crippen molar-refractivity contribution >= 4 is 40.2 Å². The zero-order valence-electron chi connectivity index (χ0n) is 12.1. The fourth-order valence-corrected chi connectivity index (χ4v) is 2.85. The van der Waals surface area contributed by atoms with Gasteiger partial charge >= 0.3 is 0 Å². The molecule has 0 aliphatic carbocycles. The van der Waals surface area contributed by atoms with Crippen LogP contribution >= 0.6 is 23.4 Å². The summed E-state index contributed by atoms with van der Waals surface area (Å²) in [7, 11) is 0. The fraction of sp³-hybridized carbons (Fsp3) is 0.375. The van der Waals surface area contributed by atoms with Crippen LogP contribution in [0, 0.1) is 0 Å². The predicted molar refractivity (Wildman–Crippen MR) is 91.3 cm³/mol. The highest BCUT2D eigenvalue weighted by atomic mass is 35.5. The quantitative estimate of drug-likeness (QED) is 0.779. The molecule has 21 heavy (non-hydrogen) atoms. The molecule has 1 aromatic carbocycles. The third-order valence-electron chi connectivity index (χ3n) is 3.21. The van der Waals surface area contributed by atoms with Gasteiger partial charge in [-0.25, -0.2) is 4.98 Å². The number of carbonyl (C=O) groups excluding carboxylic acids is 1. The lowest BCUT2D eigenvalue weighted by atomic mass is 10.2. The molecule has 5 heteroatoms. The number of amides is 1. The maximum atomic E-state index is 12.1. The molecule has 0 saturated heterocycles. The molecule has 0 unspecified atom stereocenters. The molecule has 1 aromatic heterocycles. The van der Waals surface area contributed by atoms with E-state index in [1.165, 1.54) is 12.2 Å². The van der Waals surface area contributed by atoms with Crippen molar-refractivity contribution in [2.45, 2.75) is 19.3 Å². The van der Waals surface area contributed by atoms with Crippen LogP contribution in [0.5, 0.6) is 0 Å².